The highest BCUT2D eigenvalue weighted by Crippen LogP contribution is 2.25. The van der Waals surface area contributed by atoms with Gasteiger partial charge in [-0.3, -0.25) is 9.69 Å². The molecule has 1 amide bonds. The number of hydrogen-bond donors (Lipinski definition) is 2. The van der Waals surface area contributed by atoms with Crippen LogP contribution in [0.25, 0.3) is 6.08 Å². The molecule has 146 valence electrons. The van der Waals surface area contributed by atoms with Crippen molar-refractivity contribution < 1.29 is 9.90 Å². The summed E-state index contributed by atoms with van der Waals surface area (Å²) in [6.07, 6.45) is 1.84. The Balaban J connectivity index is 1.86. The van der Waals surface area contributed by atoms with Crippen molar-refractivity contribution in [3.8, 4) is 0 Å². The van der Waals surface area contributed by atoms with Crippen molar-refractivity contribution in [3.05, 3.63) is 64.9 Å². The van der Waals surface area contributed by atoms with Gasteiger partial charge in [-0.2, -0.15) is 0 Å². The third-order valence-corrected chi connectivity index (χ3v) is 5.13. The third kappa shape index (κ3) is 4.08. The smallest absolute Gasteiger partial charge is 0.281 e. The van der Waals surface area contributed by atoms with Crippen molar-refractivity contribution in [3.63, 3.8) is 0 Å². The van der Waals surface area contributed by atoms with E-state index in [1.807, 2.05) is 56.3 Å². The van der Waals surface area contributed by atoms with Crippen LogP contribution in [0.4, 0.5) is 11.4 Å². The first-order valence-corrected chi connectivity index (χ1v) is 9.75. The van der Waals surface area contributed by atoms with E-state index in [1.165, 1.54) is 4.90 Å². The molecule has 0 spiro atoms. The molecule has 0 atom stereocenters. The molecule has 0 radical (unpaired) electrons. The first-order chi connectivity index (χ1) is 13.4. The maximum absolute atomic E-state index is 12.9. The molecule has 0 saturated carbocycles. The highest BCUT2D eigenvalue weighted by Gasteiger charge is 2.31. The average molecular weight is 396 g/mol. The van der Waals surface area contributed by atoms with E-state index in [9.17, 15) is 9.90 Å². The lowest BCUT2D eigenvalue weighted by molar-refractivity contribution is -0.113. The average Bonchev–Trinajstić information content (AvgIpc) is 2.95. The number of aliphatic hydroxyl groups excluding tert-OH is 1. The summed E-state index contributed by atoms with van der Waals surface area (Å²) in [6, 6.07) is 13.8. The highest BCUT2D eigenvalue weighted by atomic mass is 32.1. The van der Waals surface area contributed by atoms with Gasteiger partial charge < -0.3 is 15.3 Å². The summed E-state index contributed by atoms with van der Waals surface area (Å²) >= 11 is 5.38. The van der Waals surface area contributed by atoms with Crippen LogP contribution in [-0.2, 0) is 4.79 Å². The van der Waals surface area contributed by atoms with E-state index in [0.29, 0.717) is 17.4 Å². The number of amides is 1. The highest BCUT2D eigenvalue weighted by molar-refractivity contribution is 7.80. The first-order valence-electron chi connectivity index (χ1n) is 9.35. The first kappa shape index (κ1) is 20.0. The number of likely N-dealkylation sites (N-methyl/N-ethyl adjacent to an activating group) is 1. The van der Waals surface area contributed by atoms with Gasteiger partial charge in [0.15, 0.2) is 5.11 Å². The number of nitrogens with zero attached hydrogens (tertiary/aromatic N) is 2. The molecule has 0 bridgehead atoms. The molecule has 2 aromatic carbocycles. The maximum atomic E-state index is 12.9. The summed E-state index contributed by atoms with van der Waals surface area (Å²) in [5.74, 6) is -0.159. The van der Waals surface area contributed by atoms with Crippen molar-refractivity contribution in [1.82, 2.24) is 5.32 Å². The van der Waals surface area contributed by atoms with Gasteiger partial charge in [-0.1, -0.05) is 23.8 Å². The zero-order chi connectivity index (χ0) is 20.3. The van der Waals surface area contributed by atoms with Crippen LogP contribution >= 0.6 is 12.2 Å². The lowest BCUT2D eigenvalue weighted by Gasteiger charge is -2.22. The summed E-state index contributed by atoms with van der Waals surface area (Å²) in [7, 11) is 0. The Bertz CT molecular complexity index is 922. The Morgan fingerprint density at radius 2 is 1.89 bits per heavy atom. The van der Waals surface area contributed by atoms with Gasteiger partial charge in [0.25, 0.3) is 5.91 Å². The van der Waals surface area contributed by atoms with Gasteiger partial charge in [0.2, 0.25) is 0 Å². The predicted molar refractivity (Wildman–Crippen MR) is 119 cm³/mol. The van der Waals surface area contributed by atoms with Gasteiger partial charge in [-0.15, -0.1) is 0 Å². The van der Waals surface area contributed by atoms with Crippen LogP contribution < -0.4 is 15.1 Å². The SMILES string of the molecule is CCN(CCO)c1ccc(/C=C2\NC(=S)N(c3ccc(C)cc3)C2=O)c(C)c1. The molecular weight excluding hydrogens is 370 g/mol. The minimum absolute atomic E-state index is 0.114. The quantitative estimate of drug-likeness (QED) is 0.580. The molecule has 1 aliphatic heterocycles. The van der Waals surface area contributed by atoms with Gasteiger partial charge in [0.05, 0.1) is 12.3 Å². The lowest BCUT2D eigenvalue weighted by Crippen LogP contribution is -2.30. The molecule has 3 rings (SSSR count). The fourth-order valence-electron chi connectivity index (χ4n) is 3.23. The standard InChI is InChI=1S/C22H25N3O2S/c1-4-24(11-12-26)19-10-7-17(16(3)13-19)14-20-21(27)25(22(28)23-20)18-8-5-15(2)6-9-18/h5-10,13-14,26H,4,11-12H2,1-3H3,(H,23,28)/b20-14-. The second-order valence-corrected chi connectivity index (χ2v) is 7.20. The number of thiocarbonyl (C=S) groups is 1. The predicted octanol–water partition coefficient (Wildman–Crippen LogP) is 3.38. The number of benzene rings is 2. The maximum Gasteiger partial charge on any atom is 0.281 e. The molecule has 0 aromatic heterocycles. The molecule has 1 saturated heterocycles. The van der Waals surface area contributed by atoms with Crippen LogP contribution in [0.2, 0.25) is 0 Å². The second-order valence-electron chi connectivity index (χ2n) is 6.81. The van der Waals surface area contributed by atoms with E-state index in [0.717, 1.165) is 34.6 Å². The van der Waals surface area contributed by atoms with Gasteiger partial charge in [-0.05, 0) is 74.5 Å². The summed E-state index contributed by atoms with van der Waals surface area (Å²) in [4.78, 5) is 16.5. The number of anilines is 2. The van der Waals surface area contributed by atoms with Crippen LogP contribution in [0.1, 0.15) is 23.6 Å². The molecule has 1 heterocycles. The Morgan fingerprint density at radius 1 is 1.18 bits per heavy atom. The summed E-state index contributed by atoms with van der Waals surface area (Å²) in [5.41, 5.74) is 5.40. The summed E-state index contributed by atoms with van der Waals surface area (Å²) in [5, 5.41) is 12.6. The van der Waals surface area contributed by atoms with Gasteiger partial charge >= 0.3 is 0 Å². The van der Waals surface area contributed by atoms with Crippen molar-refractivity contribution in [2.75, 3.05) is 29.5 Å². The molecule has 0 aliphatic carbocycles. The number of carbonyl (C=O) groups is 1. The monoisotopic (exact) mass is 395 g/mol. The number of carbonyl (C=O) groups excluding carboxylic acids is 1. The topological polar surface area (TPSA) is 55.8 Å². The fourth-order valence-corrected chi connectivity index (χ4v) is 3.53. The molecule has 28 heavy (non-hydrogen) atoms. The largest absolute Gasteiger partial charge is 0.395 e. The summed E-state index contributed by atoms with van der Waals surface area (Å²) < 4.78 is 0. The zero-order valence-electron chi connectivity index (χ0n) is 16.4. The molecule has 6 heteroatoms. The van der Waals surface area contributed by atoms with Crippen molar-refractivity contribution in [2.24, 2.45) is 0 Å². The van der Waals surface area contributed by atoms with E-state index in [-0.39, 0.29) is 12.5 Å². The molecule has 2 aromatic rings. The Kier molecular flexibility index (Phi) is 6.11. The van der Waals surface area contributed by atoms with E-state index >= 15 is 0 Å². The van der Waals surface area contributed by atoms with Crippen molar-refractivity contribution in [2.45, 2.75) is 20.8 Å². The summed E-state index contributed by atoms with van der Waals surface area (Å²) in [6.45, 7) is 7.60. The van der Waals surface area contributed by atoms with Gasteiger partial charge in [-0.25, -0.2) is 0 Å². The second kappa shape index (κ2) is 8.54. The number of hydrogen-bond acceptors (Lipinski definition) is 4. The minimum atomic E-state index is -0.159. The number of rotatable bonds is 6. The molecule has 1 aliphatic rings. The molecule has 0 unspecified atom stereocenters. The van der Waals surface area contributed by atoms with Gasteiger partial charge in [0, 0.05) is 18.8 Å². The molecule has 2 N–H and O–H groups in total. The van der Waals surface area contributed by atoms with Gasteiger partial charge in [0.1, 0.15) is 5.70 Å². The van der Waals surface area contributed by atoms with E-state index in [1.54, 1.807) is 0 Å². The van der Waals surface area contributed by atoms with Crippen LogP contribution in [0.15, 0.2) is 48.2 Å². The third-order valence-electron chi connectivity index (χ3n) is 4.84. The number of aryl methyl sites for hydroxylation is 2. The number of nitrogens with one attached hydrogen (secondary N) is 1. The van der Waals surface area contributed by atoms with Crippen LogP contribution in [0.5, 0.6) is 0 Å². The van der Waals surface area contributed by atoms with Crippen LogP contribution in [0, 0.1) is 13.8 Å². The minimum Gasteiger partial charge on any atom is -0.395 e. The normalized spacial score (nSPS) is 15.3. The van der Waals surface area contributed by atoms with Crippen LogP contribution in [-0.4, -0.2) is 35.8 Å². The number of aliphatic hydroxyl groups is 1. The van der Waals surface area contributed by atoms with E-state index < -0.39 is 0 Å². The van der Waals surface area contributed by atoms with Crippen LogP contribution in [0.3, 0.4) is 0 Å². The van der Waals surface area contributed by atoms with Crippen molar-refractivity contribution in [1.29, 1.82) is 0 Å². The Morgan fingerprint density at radius 3 is 2.50 bits per heavy atom. The fraction of sp³-hybridized carbons (Fsp3) is 0.273. The zero-order valence-corrected chi connectivity index (χ0v) is 17.2. The molecule has 1 fully saturated rings. The Hall–Kier alpha value is -2.70. The van der Waals surface area contributed by atoms with E-state index in [4.69, 9.17) is 12.2 Å². The lowest BCUT2D eigenvalue weighted by atomic mass is 10.1. The molecular formula is C22H25N3O2S. The molecule has 5 nitrogen and oxygen atoms in total. The van der Waals surface area contributed by atoms with E-state index in [2.05, 4.69) is 23.2 Å². The van der Waals surface area contributed by atoms with Crippen molar-refractivity contribution >= 4 is 40.7 Å². The Labute approximate surface area is 171 Å².